The maximum Gasteiger partial charge on any atom is 0.195 e. The number of rotatable bonds is 8. The minimum Gasteiger partial charge on any atom is -0.302 e. The van der Waals surface area contributed by atoms with Crippen molar-refractivity contribution >= 4 is 26.0 Å². The van der Waals surface area contributed by atoms with Crippen LogP contribution in [0.3, 0.4) is 0 Å². The maximum atomic E-state index is 13.5. The molecule has 0 aliphatic rings. The lowest BCUT2D eigenvalue weighted by Crippen LogP contribution is -2.39. The Morgan fingerprint density at radius 3 is 1.58 bits per heavy atom. The van der Waals surface area contributed by atoms with Crippen LogP contribution in [0.2, 0.25) is 0 Å². The first-order valence-corrected chi connectivity index (χ1v) is 12.5. The Kier molecular flexibility index (Phi) is 6.43. The largest absolute Gasteiger partial charge is 0.302 e. The van der Waals surface area contributed by atoms with Crippen LogP contribution in [0, 0.1) is 5.82 Å². The van der Waals surface area contributed by atoms with E-state index in [1.54, 1.807) is 12.1 Å². The summed E-state index contributed by atoms with van der Waals surface area (Å²) in [7, 11) is -8.77. The third kappa shape index (κ3) is 4.60. The zero-order valence-corrected chi connectivity index (χ0v) is 18.3. The van der Waals surface area contributed by atoms with Gasteiger partial charge in [0.1, 0.15) is 12.1 Å². The lowest BCUT2D eigenvalue weighted by Gasteiger charge is -2.29. The Labute approximate surface area is 181 Å². The van der Waals surface area contributed by atoms with E-state index >= 15 is 0 Å². The SMILES string of the molecule is C[C@](C=O)(CC(S(=O)(=O)c1ccccc1)S(=O)(=O)c1ccccc1)c1ccc(F)cc1. The van der Waals surface area contributed by atoms with Gasteiger partial charge in [0.05, 0.1) is 15.2 Å². The van der Waals surface area contributed by atoms with Gasteiger partial charge in [-0.3, -0.25) is 0 Å². The third-order valence-corrected chi connectivity index (χ3v) is 10.3. The van der Waals surface area contributed by atoms with Crippen LogP contribution in [0.5, 0.6) is 0 Å². The number of carbonyl (C=O) groups excluding carboxylic acids is 1. The highest BCUT2D eigenvalue weighted by Gasteiger charge is 2.45. The Bertz CT molecular complexity index is 1190. The molecule has 0 N–H and O–H groups in total. The van der Waals surface area contributed by atoms with Gasteiger partial charge < -0.3 is 4.79 Å². The summed E-state index contributed by atoms with van der Waals surface area (Å²) in [6.45, 7) is 1.45. The predicted octanol–water partition coefficient (Wildman–Crippen LogP) is 3.95. The van der Waals surface area contributed by atoms with Gasteiger partial charge in [-0.25, -0.2) is 21.2 Å². The summed E-state index contributed by atoms with van der Waals surface area (Å²) in [6.07, 6.45) is -0.0230. The van der Waals surface area contributed by atoms with Crippen molar-refractivity contribution in [1.82, 2.24) is 0 Å². The molecule has 3 aromatic rings. The second-order valence-electron chi connectivity index (χ2n) is 7.39. The van der Waals surface area contributed by atoms with Crippen LogP contribution in [0.25, 0.3) is 0 Å². The Morgan fingerprint density at radius 2 is 1.19 bits per heavy atom. The molecule has 0 radical (unpaired) electrons. The number of hydrogen-bond acceptors (Lipinski definition) is 5. The number of hydrogen-bond donors (Lipinski definition) is 0. The number of benzene rings is 3. The molecular formula is C23H21FO5S2. The molecule has 0 unspecified atom stereocenters. The lowest BCUT2D eigenvalue weighted by atomic mass is 9.81. The van der Waals surface area contributed by atoms with E-state index in [0.29, 0.717) is 11.8 Å². The van der Waals surface area contributed by atoms with Crippen LogP contribution in [-0.4, -0.2) is 27.7 Å². The van der Waals surface area contributed by atoms with Gasteiger partial charge in [-0.05, 0) is 55.3 Å². The van der Waals surface area contributed by atoms with E-state index in [1.807, 2.05) is 0 Å². The molecule has 8 heteroatoms. The molecule has 1 atom stereocenters. The first-order valence-electron chi connectivity index (χ1n) is 9.41. The van der Waals surface area contributed by atoms with Crippen molar-refractivity contribution in [2.75, 3.05) is 0 Å². The zero-order valence-electron chi connectivity index (χ0n) is 16.7. The van der Waals surface area contributed by atoms with Crippen LogP contribution in [0.1, 0.15) is 18.9 Å². The van der Waals surface area contributed by atoms with Crippen molar-refractivity contribution in [3.05, 3.63) is 96.3 Å². The van der Waals surface area contributed by atoms with Crippen LogP contribution in [0.4, 0.5) is 4.39 Å². The number of carbonyl (C=O) groups is 1. The average molecular weight is 461 g/mol. The fourth-order valence-electron chi connectivity index (χ4n) is 3.32. The van der Waals surface area contributed by atoms with Crippen molar-refractivity contribution in [1.29, 1.82) is 0 Å². The van der Waals surface area contributed by atoms with E-state index in [9.17, 15) is 26.0 Å². The minimum absolute atomic E-state index is 0.160. The maximum absolute atomic E-state index is 13.5. The molecule has 162 valence electrons. The average Bonchev–Trinajstić information content (AvgIpc) is 2.78. The topological polar surface area (TPSA) is 85.3 Å². The van der Waals surface area contributed by atoms with Crippen LogP contribution < -0.4 is 0 Å². The van der Waals surface area contributed by atoms with E-state index in [-0.39, 0.29) is 9.79 Å². The molecule has 0 saturated heterocycles. The Hall–Kier alpha value is -2.84. The van der Waals surface area contributed by atoms with Gasteiger partial charge in [0, 0.05) is 0 Å². The second kappa shape index (κ2) is 8.72. The molecular weight excluding hydrogens is 439 g/mol. The number of aldehydes is 1. The third-order valence-electron chi connectivity index (χ3n) is 5.19. The van der Waals surface area contributed by atoms with E-state index in [0.717, 1.165) is 12.1 Å². The summed E-state index contributed by atoms with van der Waals surface area (Å²) in [5.41, 5.74) is -1.16. The van der Waals surface area contributed by atoms with Crippen molar-refractivity contribution in [2.45, 2.75) is 33.1 Å². The van der Waals surface area contributed by atoms with E-state index in [2.05, 4.69) is 0 Å². The minimum atomic E-state index is -4.39. The fourth-order valence-corrected chi connectivity index (χ4v) is 8.13. The van der Waals surface area contributed by atoms with E-state index < -0.39 is 41.9 Å². The summed E-state index contributed by atoms with van der Waals surface area (Å²) in [5, 5.41) is 0. The van der Waals surface area contributed by atoms with Gasteiger partial charge in [0.15, 0.2) is 24.3 Å². The molecule has 0 aliphatic heterocycles. The Balaban J connectivity index is 2.19. The first-order chi connectivity index (χ1) is 14.6. The van der Waals surface area contributed by atoms with Gasteiger partial charge in [-0.2, -0.15) is 0 Å². The van der Waals surface area contributed by atoms with E-state index in [4.69, 9.17) is 0 Å². The molecule has 0 fully saturated rings. The van der Waals surface area contributed by atoms with Gasteiger partial charge in [-0.1, -0.05) is 48.5 Å². The molecule has 3 aromatic carbocycles. The second-order valence-corrected chi connectivity index (χ2v) is 12.0. The first kappa shape index (κ1) is 22.8. The van der Waals surface area contributed by atoms with Crippen molar-refractivity contribution < 1.29 is 26.0 Å². The van der Waals surface area contributed by atoms with Crippen LogP contribution in [0.15, 0.2) is 94.7 Å². The van der Waals surface area contributed by atoms with Gasteiger partial charge in [0.25, 0.3) is 0 Å². The smallest absolute Gasteiger partial charge is 0.195 e. The Morgan fingerprint density at radius 1 is 0.774 bits per heavy atom. The molecule has 0 spiro atoms. The molecule has 5 nitrogen and oxygen atoms in total. The van der Waals surface area contributed by atoms with Crippen LogP contribution in [-0.2, 0) is 29.9 Å². The standard InChI is InChI=1S/C23H21FO5S2/c1-23(17-25,18-12-14-19(24)15-13-18)16-22(30(26,27)20-8-4-2-5-9-20)31(28,29)21-10-6-3-7-11-21/h2-15,17,22H,16H2,1H3/t23-/m1/s1. The van der Waals surface area contributed by atoms with Crippen LogP contribution >= 0.6 is 0 Å². The predicted molar refractivity (Wildman–Crippen MR) is 115 cm³/mol. The fraction of sp³-hybridized carbons (Fsp3) is 0.174. The number of sulfone groups is 2. The van der Waals surface area contributed by atoms with Gasteiger partial charge in [-0.15, -0.1) is 0 Å². The van der Waals surface area contributed by atoms with Crippen molar-refractivity contribution in [3.63, 3.8) is 0 Å². The highest BCUT2D eigenvalue weighted by atomic mass is 32.3. The molecule has 0 amide bonds. The normalized spacial score (nSPS) is 14.2. The molecule has 0 aliphatic carbocycles. The quantitative estimate of drug-likeness (QED) is 0.475. The summed E-state index contributed by atoms with van der Waals surface area (Å²) in [4.78, 5) is 11.8. The number of halogens is 1. The molecule has 31 heavy (non-hydrogen) atoms. The zero-order chi connectivity index (χ0) is 22.7. The van der Waals surface area contributed by atoms with Crippen molar-refractivity contribution in [2.24, 2.45) is 0 Å². The molecule has 0 aromatic heterocycles. The lowest BCUT2D eigenvalue weighted by molar-refractivity contribution is -0.112. The summed E-state index contributed by atoms with van der Waals surface area (Å²) in [6, 6.07) is 19.5. The van der Waals surface area contributed by atoms with Gasteiger partial charge in [0.2, 0.25) is 0 Å². The molecule has 0 heterocycles. The van der Waals surface area contributed by atoms with Gasteiger partial charge >= 0.3 is 0 Å². The summed E-state index contributed by atoms with van der Waals surface area (Å²) in [5.74, 6) is -0.526. The van der Waals surface area contributed by atoms with E-state index in [1.165, 1.54) is 67.6 Å². The highest BCUT2D eigenvalue weighted by Crippen LogP contribution is 2.36. The molecule has 0 saturated carbocycles. The molecule has 3 rings (SSSR count). The van der Waals surface area contributed by atoms with Crippen molar-refractivity contribution in [3.8, 4) is 0 Å². The summed E-state index contributed by atoms with van der Waals surface area (Å²) < 4.78 is 65.4. The summed E-state index contributed by atoms with van der Waals surface area (Å²) >= 11 is 0. The molecule has 0 bridgehead atoms. The monoisotopic (exact) mass is 460 g/mol. The highest BCUT2D eigenvalue weighted by molar-refractivity contribution is 8.09.